The first kappa shape index (κ1) is 12.4. The molecule has 0 saturated heterocycles. The highest BCUT2D eigenvalue weighted by molar-refractivity contribution is 5.38. The summed E-state index contributed by atoms with van der Waals surface area (Å²) in [6, 6.07) is 8.93. The van der Waals surface area contributed by atoms with Crippen molar-refractivity contribution < 1.29 is 0 Å². The zero-order valence-corrected chi connectivity index (χ0v) is 11.5. The third-order valence-corrected chi connectivity index (χ3v) is 3.82. The Morgan fingerprint density at radius 2 is 2.11 bits per heavy atom. The zero-order valence-electron chi connectivity index (χ0n) is 11.5. The monoisotopic (exact) mass is 255 g/mol. The fraction of sp³-hybridized carbons (Fsp3) is 0.438. The van der Waals surface area contributed by atoms with E-state index >= 15 is 0 Å². The van der Waals surface area contributed by atoms with E-state index in [1.54, 1.807) is 0 Å². The van der Waals surface area contributed by atoms with Crippen LogP contribution in [-0.2, 0) is 19.4 Å². The number of aromatic nitrogens is 2. The third-order valence-electron chi connectivity index (χ3n) is 3.82. The lowest BCUT2D eigenvalue weighted by molar-refractivity contribution is 0.620. The number of imidazole rings is 1. The summed E-state index contributed by atoms with van der Waals surface area (Å²) in [4.78, 5) is 4.51. The number of unbranched alkanes of at least 4 members (excludes halogenated alkanes) is 1. The van der Waals surface area contributed by atoms with E-state index in [0.29, 0.717) is 0 Å². The standard InChI is InChI=1S/C16H21N3/c1-2-3-4-13-5-7-14(8-6-13)19-12-18-15-11-17-10-9-16(15)19/h5-8,12,17H,2-4,9-11H2,1H3. The Kier molecular flexibility index (Phi) is 3.65. The van der Waals surface area contributed by atoms with Gasteiger partial charge in [-0.3, -0.25) is 0 Å². The van der Waals surface area contributed by atoms with Gasteiger partial charge in [-0.15, -0.1) is 0 Å². The second-order valence-corrected chi connectivity index (χ2v) is 5.20. The van der Waals surface area contributed by atoms with Crippen molar-refractivity contribution in [2.24, 2.45) is 0 Å². The van der Waals surface area contributed by atoms with Gasteiger partial charge in [0.05, 0.1) is 12.0 Å². The van der Waals surface area contributed by atoms with Crippen LogP contribution in [0.5, 0.6) is 0 Å². The topological polar surface area (TPSA) is 29.9 Å². The van der Waals surface area contributed by atoms with Crippen LogP contribution < -0.4 is 5.32 Å². The summed E-state index contributed by atoms with van der Waals surface area (Å²) >= 11 is 0. The van der Waals surface area contributed by atoms with Crippen LogP contribution in [0.3, 0.4) is 0 Å². The number of nitrogens with one attached hydrogen (secondary N) is 1. The molecule has 2 heterocycles. The molecular weight excluding hydrogens is 234 g/mol. The highest BCUT2D eigenvalue weighted by Crippen LogP contribution is 2.18. The molecule has 3 rings (SSSR count). The van der Waals surface area contributed by atoms with E-state index in [2.05, 4.69) is 46.1 Å². The van der Waals surface area contributed by atoms with Gasteiger partial charge in [-0.25, -0.2) is 4.98 Å². The largest absolute Gasteiger partial charge is 0.311 e. The summed E-state index contributed by atoms with van der Waals surface area (Å²) < 4.78 is 2.24. The van der Waals surface area contributed by atoms with Crippen molar-refractivity contribution in [3.63, 3.8) is 0 Å². The molecule has 0 saturated carbocycles. The lowest BCUT2D eigenvalue weighted by Gasteiger charge is -2.15. The summed E-state index contributed by atoms with van der Waals surface area (Å²) in [5.41, 5.74) is 5.22. The Labute approximate surface area is 114 Å². The van der Waals surface area contributed by atoms with Crippen molar-refractivity contribution in [2.45, 2.75) is 39.2 Å². The molecule has 0 bridgehead atoms. The van der Waals surface area contributed by atoms with Crippen LogP contribution >= 0.6 is 0 Å². The highest BCUT2D eigenvalue weighted by Gasteiger charge is 2.15. The number of hydrogen-bond acceptors (Lipinski definition) is 2. The van der Waals surface area contributed by atoms with E-state index in [-0.39, 0.29) is 0 Å². The van der Waals surface area contributed by atoms with Gasteiger partial charge in [0.1, 0.15) is 0 Å². The Hall–Kier alpha value is -1.61. The van der Waals surface area contributed by atoms with Gasteiger partial charge in [0.2, 0.25) is 0 Å². The van der Waals surface area contributed by atoms with Gasteiger partial charge in [0, 0.05) is 30.9 Å². The smallest absolute Gasteiger partial charge is 0.0998 e. The summed E-state index contributed by atoms with van der Waals surface area (Å²) in [5.74, 6) is 0. The minimum atomic E-state index is 0.900. The molecule has 0 aliphatic carbocycles. The highest BCUT2D eigenvalue weighted by atomic mass is 15.1. The van der Waals surface area contributed by atoms with E-state index in [1.807, 2.05) is 6.33 Å². The predicted molar refractivity (Wildman–Crippen MR) is 77.6 cm³/mol. The first-order valence-corrected chi connectivity index (χ1v) is 7.23. The number of benzene rings is 1. The van der Waals surface area contributed by atoms with Gasteiger partial charge in [0.25, 0.3) is 0 Å². The van der Waals surface area contributed by atoms with E-state index < -0.39 is 0 Å². The molecule has 0 unspecified atom stereocenters. The summed E-state index contributed by atoms with van der Waals surface area (Å²) in [6.07, 6.45) is 6.73. The quantitative estimate of drug-likeness (QED) is 0.910. The summed E-state index contributed by atoms with van der Waals surface area (Å²) in [6.45, 7) is 4.18. The molecular formula is C16H21N3. The molecule has 3 nitrogen and oxygen atoms in total. The van der Waals surface area contributed by atoms with Crippen LogP contribution in [0.4, 0.5) is 0 Å². The minimum Gasteiger partial charge on any atom is -0.311 e. The normalized spacial score (nSPS) is 14.4. The van der Waals surface area contributed by atoms with E-state index in [1.165, 1.54) is 41.9 Å². The van der Waals surface area contributed by atoms with Gasteiger partial charge >= 0.3 is 0 Å². The van der Waals surface area contributed by atoms with Crippen molar-refractivity contribution in [1.82, 2.24) is 14.9 Å². The maximum Gasteiger partial charge on any atom is 0.0998 e. The van der Waals surface area contributed by atoms with Crippen LogP contribution in [-0.4, -0.2) is 16.1 Å². The molecule has 1 aromatic heterocycles. The molecule has 100 valence electrons. The predicted octanol–water partition coefficient (Wildman–Crippen LogP) is 2.86. The van der Waals surface area contributed by atoms with Crippen molar-refractivity contribution in [2.75, 3.05) is 6.54 Å². The van der Waals surface area contributed by atoms with Crippen LogP contribution in [0.2, 0.25) is 0 Å². The Morgan fingerprint density at radius 1 is 1.26 bits per heavy atom. The molecule has 19 heavy (non-hydrogen) atoms. The molecule has 0 radical (unpaired) electrons. The number of rotatable bonds is 4. The molecule has 1 aromatic carbocycles. The number of nitrogens with zero attached hydrogens (tertiary/aromatic N) is 2. The van der Waals surface area contributed by atoms with Gasteiger partial charge in [-0.2, -0.15) is 0 Å². The summed E-state index contributed by atoms with van der Waals surface area (Å²) in [5, 5.41) is 3.36. The lowest BCUT2D eigenvalue weighted by atomic mass is 10.1. The second kappa shape index (κ2) is 5.57. The van der Waals surface area contributed by atoms with Crippen LogP contribution in [0.1, 0.15) is 36.7 Å². The first-order chi connectivity index (χ1) is 9.38. The maximum atomic E-state index is 4.51. The SMILES string of the molecule is CCCCc1ccc(-n2cnc3c2CCNC3)cc1. The average molecular weight is 255 g/mol. The molecule has 0 amide bonds. The molecule has 1 N–H and O–H groups in total. The second-order valence-electron chi connectivity index (χ2n) is 5.20. The number of aryl methyl sites for hydroxylation is 1. The van der Waals surface area contributed by atoms with E-state index in [4.69, 9.17) is 0 Å². The van der Waals surface area contributed by atoms with Gasteiger partial charge in [-0.1, -0.05) is 25.5 Å². The third kappa shape index (κ3) is 2.56. The van der Waals surface area contributed by atoms with Crippen LogP contribution in [0.15, 0.2) is 30.6 Å². The van der Waals surface area contributed by atoms with Gasteiger partial charge in [-0.05, 0) is 30.5 Å². The maximum absolute atomic E-state index is 4.51. The number of hydrogen-bond donors (Lipinski definition) is 1. The van der Waals surface area contributed by atoms with E-state index in [0.717, 1.165) is 19.5 Å². The lowest BCUT2D eigenvalue weighted by Crippen LogP contribution is -2.24. The van der Waals surface area contributed by atoms with Crippen molar-refractivity contribution in [1.29, 1.82) is 0 Å². The number of fused-ring (bicyclic) bond motifs is 1. The minimum absolute atomic E-state index is 0.900. The molecule has 1 aliphatic rings. The van der Waals surface area contributed by atoms with Gasteiger partial charge in [0.15, 0.2) is 0 Å². The molecule has 0 spiro atoms. The first-order valence-electron chi connectivity index (χ1n) is 7.23. The average Bonchev–Trinajstić information content (AvgIpc) is 2.90. The van der Waals surface area contributed by atoms with Crippen molar-refractivity contribution in [3.8, 4) is 5.69 Å². The van der Waals surface area contributed by atoms with Crippen molar-refractivity contribution >= 4 is 0 Å². The Morgan fingerprint density at radius 3 is 2.89 bits per heavy atom. The van der Waals surface area contributed by atoms with E-state index in [9.17, 15) is 0 Å². The Balaban J connectivity index is 1.84. The molecule has 3 heteroatoms. The molecule has 0 atom stereocenters. The zero-order chi connectivity index (χ0) is 13.1. The fourth-order valence-electron chi connectivity index (χ4n) is 2.66. The summed E-state index contributed by atoms with van der Waals surface area (Å²) in [7, 11) is 0. The molecule has 1 aliphatic heterocycles. The van der Waals surface area contributed by atoms with Crippen LogP contribution in [0.25, 0.3) is 5.69 Å². The Bertz CT molecular complexity index is 540. The molecule has 0 fully saturated rings. The van der Waals surface area contributed by atoms with Gasteiger partial charge < -0.3 is 9.88 Å². The molecule has 2 aromatic rings. The van der Waals surface area contributed by atoms with Crippen molar-refractivity contribution in [3.05, 3.63) is 47.5 Å². The van der Waals surface area contributed by atoms with Crippen LogP contribution in [0, 0.1) is 0 Å². The fourth-order valence-corrected chi connectivity index (χ4v) is 2.66.